The Labute approximate surface area is 91.4 Å². The zero-order chi connectivity index (χ0) is 11.7. The molecule has 3 N–H and O–H groups in total. The average Bonchev–Trinajstić information content (AvgIpc) is 2.00. The zero-order valence-corrected chi connectivity index (χ0v) is 9.92. The number of carbonyl (C=O) groups is 1. The lowest BCUT2D eigenvalue weighted by Crippen LogP contribution is -2.65. The van der Waals surface area contributed by atoms with E-state index in [0.717, 1.165) is 32.1 Å². The topological polar surface area (TPSA) is 66.6 Å². The fraction of sp³-hybridized carbons (Fsp3) is 0.909. The van der Waals surface area contributed by atoms with Gasteiger partial charge >= 0.3 is 6.09 Å². The second kappa shape index (κ2) is 4.00. The monoisotopic (exact) mass is 214 g/mol. The third-order valence-electron chi connectivity index (χ3n) is 3.03. The molecule has 4 heteroatoms. The normalized spacial score (nSPS) is 21.1. The number of hydrogen-bond donors (Lipinski definition) is 2. The molecule has 1 aliphatic rings. The number of nitrogens with zero attached hydrogens (tertiary/aromatic N) is 1. The maximum absolute atomic E-state index is 11.3. The van der Waals surface area contributed by atoms with Crippen molar-refractivity contribution < 1.29 is 9.90 Å². The van der Waals surface area contributed by atoms with Crippen molar-refractivity contribution in [1.82, 2.24) is 4.90 Å². The largest absolute Gasteiger partial charge is 0.465 e. The minimum Gasteiger partial charge on any atom is -0.465 e. The van der Waals surface area contributed by atoms with Crippen LogP contribution in [-0.4, -0.2) is 27.3 Å². The van der Waals surface area contributed by atoms with Crippen molar-refractivity contribution in [3.63, 3.8) is 0 Å². The molecule has 0 aromatic heterocycles. The summed E-state index contributed by atoms with van der Waals surface area (Å²) in [5.74, 6) is 0. The summed E-state index contributed by atoms with van der Waals surface area (Å²) in [5.41, 5.74) is 5.14. The molecule has 0 unspecified atom stereocenters. The van der Waals surface area contributed by atoms with Gasteiger partial charge in [0.1, 0.15) is 0 Å². The van der Waals surface area contributed by atoms with Crippen molar-refractivity contribution in [3.8, 4) is 0 Å². The Morgan fingerprint density at radius 1 is 1.27 bits per heavy atom. The molecule has 1 aliphatic carbocycles. The predicted octanol–water partition coefficient (Wildman–Crippen LogP) is 2.38. The molecule has 0 aliphatic heterocycles. The van der Waals surface area contributed by atoms with Crippen molar-refractivity contribution in [2.45, 2.75) is 64.1 Å². The van der Waals surface area contributed by atoms with Gasteiger partial charge in [-0.1, -0.05) is 6.42 Å². The maximum Gasteiger partial charge on any atom is 0.409 e. The Balaban J connectivity index is 2.92. The van der Waals surface area contributed by atoms with Gasteiger partial charge in [-0.25, -0.2) is 4.79 Å². The lowest BCUT2D eigenvalue weighted by molar-refractivity contribution is -0.00184. The fourth-order valence-corrected chi connectivity index (χ4v) is 2.53. The van der Waals surface area contributed by atoms with E-state index in [1.54, 1.807) is 0 Å². The van der Waals surface area contributed by atoms with E-state index in [0.29, 0.717) is 0 Å². The van der Waals surface area contributed by atoms with E-state index in [9.17, 15) is 9.90 Å². The second-order valence-electron chi connectivity index (χ2n) is 5.45. The molecule has 1 saturated carbocycles. The number of rotatable bonds is 1. The Hall–Kier alpha value is -0.770. The van der Waals surface area contributed by atoms with Crippen LogP contribution in [0.4, 0.5) is 4.79 Å². The Bertz CT molecular complexity index is 239. The van der Waals surface area contributed by atoms with Crippen LogP contribution < -0.4 is 5.73 Å². The van der Waals surface area contributed by atoms with Gasteiger partial charge in [-0.05, 0) is 46.5 Å². The van der Waals surface area contributed by atoms with Crippen LogP contribution in [0.2, 0.25) is 0 Å². The molecule has 0 saturated heterocycles. The molecule has 0 aromatic rings. The highest BCUT2D eigenvalue weighted by Crippen LogP contribution is 2.33. The molecule has 0 radical (unpaired) electrons. The number of amides is 1. The van der Waals surface area contributed by atoms with Crippen LogP contribution in [0.1, 0.15) is 52.9 Å². The van der Waals surface area contributed by atoms with Gasteiger partial charge in [0, 0.05) is 5.54 Å². The van der Waals surface area contributed by atoms with Crippen LogP contribution in [0.15, 0.2) is 0 Å². The van der Waals surface area contributed by atoms with Gasteiger partial charge in [0.2, 0.25) is 0 Å². The van der Waals surface area contributed by atoms with Crippen LogP contribution in [0.3, 0.4) is 0 Å². The van der Waals surface area contributed by atoms with E-state index >= 15 is 0 Å². The van der Waals surface area contributed by atoms with Gasteiger partial charge in [-0.2, -0.15) is 0 Å². The highest BCUT2D eigenvalue weighted by atomic mass is 16.4. The Morgan fingerprint density at radius 2 is 1.73 bits per heavy atom. The fourth-order valence-electron chi connectivity index (χ4n) is 2.53. The second-order valence-corrected chi connectivity index (χ2v) is 5.45. The van der Waals surface area contributed by atoms with Gasteiger partial charge in [-0.15, -0.1) is 0 Å². The van der Waals surface area contributed by atoms with Crippen molar-refractivity contribution in [2.24, 2.45) is 5.73 Å². The van der Waals surface area contributed by atoms with Gasteiger partial charge in [-0.3, -0.25) is 4.90 Å². The Morgan fingerprint density at radius 3 is 2.07 bits per heavy atom. The van der Waals surface area contributed by atoms with Crippen LogP contribution in [0, 0.1) is 0 Å². The standard InChI is InChI=1S/C11H22N2O2/c1-10(2,3)13(9(14)15)11(12)7-5-4-6-8-11/h4-8,12H2,1-3H3,(H,14,15). The van der Waals surface area contributed by atoms with E-state index in [4.69, 9.17) is 5.73 Å². The molecule has 4 nitrogen and oxygen atoms in total. The molecule has 1 fully saturated rings. The predicted molar refractivity (Wildman–Crippen MR) is 59.6 cm³/mol. The number of hydrogen-bond acceptors (Lipinski definition) is 2. The quantitative estimate of drug-likeness (QED) is 0.658. The summed E-state index contributed by atoms with van der Waals surface area (Å²) < 4.78 is 0. The highest BCUT2D eigenvalue weighted by Gasteiger charge is 2.43. The molecule has 0 spiro atoms. The van der Waals surface area contributed by atoms with E-state index in [2.05, 4.69) is 0 Å². The number of nitrogens with two attached hydrogens (primary N) is 1. The summed E-state index contributed by atoms with van der Waals surface area (Å²) in [5, 5.41) is 9.27. The first kappa shape index (κ1) is 12.3. The first-order chi connectivity index (χ1) is 6.77. The Kier molecular flexibility index (Phi) is 3.28. The molecule has 15 heavy (non-hydrogen) atoms. The SMILES string of the molecule is CC(C)(C)N(C(=O)O)C1(N)CCCCC1. The highest BCUT2D eigenvalue weighted by molar-refractivity contribution is 5.67. The molecule has 0 aromatic carbocycles. The number of carboxylic acid groups (broad SMARTS) is 1. The minimum atomic E-state index is -0.910. The molecule has 0 bridgehead atoms. The van der Waals surface area contributed by atoms with Crippen LogP contribution in [0.5, 0.6) is 0 Å². The summed E-state index contributed by atoms with van der Waals surface area (Å²) in [6, 6.07) is 0. The third kappa shape index (κ3) is 2.62. The minimum absolute atomic E-state index is 0.433. The zero-order valence-electron chi connectivity index (χ0n) is 9.92. The van der Waals surface area contributed by atoms with E-state index in [1.165, 1.54) is 4.90 Å². The van der Waals surface area contributed by atoms with Gasteiger partial charge in [0.15, 0.2) is 0 Å². The van der Waals surface area contributed by atoms with Crippen molar-refractivity contribution in [2.75, 3.05) is 0 Å². The molecular weight excluding hydrogens is 192 g/mol. The summed E-state index contributed by atoms with van der Waals surface area (Å²) in [6.45, 7) is 5.68. The third-order valence-corrected chi connectivity index (χ3v) is 3.03. The molecule has 88 valence electrons. The van der Waals surface area contributed by atoms with Gasteiger partial charge in [0.05, 0.1) is 5.66 Å². The summed E-state index contributed by atoms with van der Waals surface area (Å²) >= 11 is 0. The van der Waals surface area contributed by atoms with E-state index in [1.807, 2.05) is 20.8 Å². The van der Waals surface area contributed by atoms with Crippen molar-refractivity contribution >= 4 is 6.09 Å². The van der Waals surface area contributed by atoms with Crippen LogP contribution in [-0.2, 0) is 0 Å². The lowest BCUT2D eigenvalue weighted by atomic mass is 9.85. The van der Waals surface area contributed by atoms with E-state index < -0.39 is 17.3 Å². The maximum atomic E-state index is 11.3. The lowest BCUT2D eigenvalue weighted by Gasteiger charge is -2.48. The molecule has 0 atom stereocenters. The van der Waals surface area contributed by atoms with Gasteiger partial charge < -0.3 is 10.8 Å². The summed E-state index contributed by atoms with van der Waals surface area (Å²) in [7, 11) is 0. The molecule has 1 amide bonds. The average molecular weight is 214 g/mol. The van der Waals surface area contributed by atoms with Crippen LogP contribution in [0.25, 0.3) is 0 Å². The summed E-state index contributed by atoms with van der Waals surface area (Å²) in [6.07, 6.45) is 3.85. The van der Waals surface area contributed by atoms with Crippen LogP contribution >= 0.6 is 0 Å². The van der Waals surface area contributed by atoms with Gasteiger partial charge in [0.25, 0.3) is 0 Å². The van der Waals surface area contributed by atoms with Crippen molar-refractivity contribution in [1.29, 1.82) is 0 Å². The first-order valence-corrected chi connectivity index (χ1v) is 5.59. The first-order valence-electron chi connectivity index (χ1n) is 5.59. The summed E-state index contributed by atoms with van der Waals surface area (Å²) in [4.78, 5) is 12.7. The molecular formula is C11H22N2O2. The van der Waals surface area contributed by atoms with Crippen molar-refractivity contribution in [3.05, 3.63) is 0 Å². The van der Waals surface area contributed by atoms with E-state index in [-0.39, 0.29) is 0 Å². The smallest absolute Gasteiger partial charge is 0.409 e. The molecule has 1 rings (SSSR count). The molecule has 0 heterocycles.